The molecule has 0 amide bonds. The quantitative estimate of drug-likeness (QED) is 0.509. The third-order valence-corrected chi connectivity index (χ3v) is 4.04. The lowest BCUT2D eigenvalue weighted by Crippen LogP contribution is -2.27. The molecule has 6 heteroatoms. The number of aromatic nitrogens is 4. The predicted molar refractivity (Wildman–Crippen MR) is 93.4 cm³/mol. The van der Waals surface area contributed by atoms with Crippen molar-refractivity contribution in [1.82, 2.24) is 24.8 Å². The maximum atomic E-state index is 9.37. The Morgan fingerprint density at radius 3 is 1.75 bits per heavy atom. The second kappa shape index (κ2) is 6.43. The van der Waals surface area contributed by atoms with E-state index in [0.717, 1.165) is 33.7 Å². The summed E-state index contributed by atoms with van der Waals surface area (Å²) in [5.41, 5.74) is 3.97. The zero-order chi connectivity index (χ0) is 16.4. The minimum absolute atomic E-state index is 0.0977. The SMILES string of the molecule is OCCN(Cc1nc2ccccc2[nH]1)Cc1nc2ccccc2[nH]1. The number of aliphatic hydroxyl groups is 1. The van der Waals surface area contributed by atoms with Gasteiger partial charge in [-0.2, -0.15) is 0 Å². The van der Waals surface area contributed by atoms with Crippen LogP contribution in [0.1, 0.15) is 11.6 Å². The monoisotopic (exact) mass is 321 g/mol. The van der Waals surface area contributed by atoms with Gasteiger partial charge in [-0.15, -0.1) is 0 Å². The van der Waals surface area contributed by atoms with E-state index in [2.05, 4.69) is 24.8 Å². The van der Waals surface area contributed by atoms with Crippen LogP contribution in [0.3, 0.4) is 0 Å². The number of hydrogen-bond acceptors (Lipinski definition) is 4. The summed E-state index contributed by atoms with van der Waals surface area (Å²) >= 11 is 0. The van der Waals surface area contributed by atoms with E-state index in [4.69, 9.17) is 0 Å². The maximum Gasteiger partial charge on any atom is 0.121 e. The Kier molecular flexibility index (Phi) is 3.98. The van der Waals surface area contributed by atoms with Gasteiger partial charge in [0.1, 0.15) is 11.6 Å². The number of hydrogen-bond donors (Lipinski definition) is 3. The van der Waals surface area contributed by atoms with Crippen molar-refractivity contribution in [2.24, 2.45) is 0 Å². The lowest BCUT2D eigenvalue weighted by Gasteiger charge is -2.18. The van der Waals surface area contributed by atoms with Crippen LogP contribution < -0.4 is 0 Å². The fourth-order valence-corrected chi connectivity index (χ4v) is 2.94. The molecule has 0 unspecified atom stereocenters. The van der Waals surface area contributed by atoms with Gasteiger partial charge in [-0.3, -0.25) is 4.90 Å². The van der Waals surface area contributed by atoms with Gasteiger partial charge in [0, 0.05) is 6.54 Å². The third-order valence-electron chi connectivity index (χ3n) is 4.04. The van der Waals surface area contributed by atoms with E-state index < -0.39 is 0 Å². The Morgan fingerprint density at radius 2 is 1.29 bits per heavy atom. The number of aliphatic hydroxyl groups excluding tert-OH is 1. The number of nitrogens with one attached hydrogen (secondary N) is 2. The van der Waals surface area contributed by atoms with Gasteiger partial charge in [-0.25, -0.2) is 9.97 Å². The molecule has 4 rings (SSSR count). The normalized spacial score (nSPS) is 11.8. The lowest BCUT2D eigenvalue weighted by atomic mass is 10.3. The van der Waals surface area contributed by atoms with Crippen molar-refractivity contribution in [2.45, 2.75) is 13.1 Å². The second-order valence-corrected chi connectivity index (χ2v) is 5.84. The molecule has 0 aliphatic heterocycles. The predicted octanol–water partition coefficient (Wildman–Crippen LogP) is 2.43. The van der Waals surface area contributed by atoms with E-state index in [0.29, 0.717) is 19.6 Å². The average molecular weight is 321 g/mol. The fourth-order valence-electron chi connectivity index (χ4n) is 2.94. The van der Waals surface area contributed by atoms with Crippen molar-refractivity contribution >= 4 is 22.1 Å². The van der Waals surface area contributed by atoms with E-state index in [9.17, 15) is 5.11 Å². The minimum Gasteiger partial charge on any atom is -0.395 e. The minimum atomic E-state index is 0.0977. The Hall–Kier alpha value is -2.70. The highest BCUT2D eigenvalue weighted by Gasteiger charge is 2.12. The highest BCUT2D eigenvalue weighted by atomic mass is 16.3. The summed E-state index contributed by atoms with van der Waals surface area (Å²) in [7, 11) is 0. The Morgan fingerprint density at radius 1 is 0.792 bits per heavy atom. The number of H-pyrrole nitrogens is 2. The number of aromatic amines is 2. The summed E-state index contributed by atoms with van der Waals surface area (Å²) < 4.78 is 0. The first kappa shape index (κ1) is 14.9. The van der Waals surface area contributed by atoms with E-state index >= 15 is 0 Å². The molecule has 0 bridgehead atoms. The largest absolute Gasteiger partial charge is 0.395 e. The molecule has 2 aromatic carbocycles. The summed E-state index contributed by atoms with van der Waals surface area (Å²) in [6.07, 6.45) is 0. The van der Waals surface area contributed by atoms with Gasteiger partial charge in [0.05, 0.1) is 41.8 Å². The first-order chi connectivity index (χ1) is 11.8. The summed E-state index contributed by atoms with van der Waals surface area (Å²) in [5, 5.41) is 9.37. The molecule has 0 saturated carbocycles. The van der Waals surface area contributed by atoms with Crippen molar-refractivity contribution in [3.8, 4) is 0 Å². The van der Waals surface area contributed by atoms with Crippen molar-refractivity contribution in [3.63, 3.8) is 0 Å². The first-order valence-electron chi connectivity index (χ1n) is 8.02. The molecule has 0 radical (unpaired) electrons. The molecule has 0 atom stereocenters. The average Bonchev–Trinajstić information content (AvgIpc) is 3.17. The van der Waals surface area contributed by atoms with Crippen LogP contribution in [0.15, 0.2) is 48.5 Å². The molecule has 0 aliphatic carbocycles. The lowest BCUT2D eigenvalue weighted by molar-refractivity contribution is 0.179. The van der Waals surface area contributed by atoms with E-state index in [-0.39, 0.29) is 6.61 Å². The van der Waals surface area contributed by atoms with E-state index in [1.807, 2.05) is 48.5 Å². The molecular formula is C18H19N5O. The summed E-state index contributed by atoms with van der Waals surface area (Å²) in [4.78, 5) is 18.0. The van der Waals surface area contributed by atoms with Gasteiger partial charge in [-0.05, 0) is 24.3 Å². The number of nitrogens with zero attached hydrogens (tertiary/aromatic N) is 3. The molecule has 24 heavy (non-hydrogen) atoms. The van der Waals surface area contributed by atoms with Gasteiger partial charge in [0.25, 0.3) is 0 Å². The first-order valence-corrected chi connectivity index (χ1v) is 8.02. The van der Waals surface area contributed by atoms with Crippen LogP contribution in [-0.4, -0.2) is 43.1 Å². The Labute approximate surface area is 139 Å². The molecule has 6 nitrogen and oxygen atoms in total. The number of fused-ring (bicyclic) bond motifs is 2. The molecule has 4 aromatic rings. The molecule has 122 valence electrons. The standard InChI is InChI=1S/C18H19N5O/c24-10-9-23(11-17-19-13-5-1-2-6-14(13)20-17)12-18-21-15-7-3-4-8-16(15)22-18/h1-8,24H,9-12H2,(H,19,20)(H,21,22). The number of rotatable bonds is 6. The Balaban J connectivity index is 1.54. The smallest absolute Gasteiger partial charge is 0.121 e. The van der Waals surface area contributed by atoms with Crippen molar-refractivity contribution in [3.05, 3.63) is 60.2 Å². The Bertz CT molecular complexity index is 816. The van der Waals surface area contributed by atoms with Gasteiger partial charge < -0.3 is 15.1 Å². The molecule has 3 N–H and O–H groups in total. The van der Waals surface area contributed by atoms with Gasteiger partial charge in [-0.1, -0.05) is 24.3 Å². The molecule has 0 fully saturated rings. The molecule has 0 aliphatic rings. The summed E-state index contributed by atoms with van der Waals surface area (Å²) in [5.74, 6) is 1.78. The van der Waals surface area contributed by atoms with Crippen molar-refractivity contribution in [1.29, 1.82) is 0 Å². The molecular weight excluding hydrogens is 302 g/mol. The highest BCUT2D eigenvalue weighted by molar-refractivity contribution is 5.75. The third kappa shape index (κ3) is 3.02. The van der Waals surface area contributed by atoms with Crippen LogP contribution in [0.5, 0.6) is 0 Å². The molecule has 2 heterocycles. The van der Waals surface area contributed by atoms with Gasteiger partial charge in [0.2, 0.25) is 0 Å². The van der Waals surface area contributed by atoms with Crippen LogP contribution in [0.4, 0.5) is 0 Å². The van der Waals surface area contributed by atoms with E-state index in [1.165, 1.54) is 0 Å². The van der Waals surface area contributed by atoms with Crippen molar-refractivity contribution in [2.75, 3.05) is 13.2 Å². The topological polar surface area (TPSA) is 80.8 Å². The van der Waals surface area contributed by atoms with Crippen LogP contribution in [0.25, 0.3) is 22.1 Å². The molecule has 0 saturated heterocycles. The zero-order valence-corrected chi connectivity index (χ0v) is 13.2. The molecule has 2 aromatic heterocycles. The highest BCUT2D eigenvalue weighted by Crippen LogP contribution is 2.15. The summed E-state index contributed by atoms with van der Waals surface area (Å²) in [6, 6.07) is 16.0. The summed E-state index contributed by atoms with van der Waals surface area (Å²) in [6.45, 7) is 1.92. The number of benzene rings is 2. The van der Waals surface area contributed by atoms with Gasteiger partial charge in [0.15, 0.2) is 0 Å². The second-order valence-electron chi connectivity index (χ2n) is 5.84. The maximum absolute atomic E-state index is 9.37. The van der Waals surface area contributed by atoms with Crippen LogP contribution in [0.2, 0.25) is 0 Å². The van der Waals surface area contributed by atoms with Crippen LogP contribution >= 0.6 is 0 Å². The number of imidazole rings is 2. The zero-order valence-electron chi connectivity index (χ0n) is 13.2. The fraction of sp³-hybridized carbons (Fsp3) is 0.222. The van der Waals surface area contributed by atoms with Crippen LogP contribution in [-0.2, 0) is 13.1 Å². The molecule has 0 spiro atoms. The van der Waals surface area contributed by atoms with Crippen molar-refractivity contribution < 1.29 is 5.11 Å². The van der Waals surface area contributed by atoms with Crippen LogP contribution in [0, 0.1) is 0 Å². The van der Waals surface area contributed by atoms with E-state index in [1.54, 1.807) is 0 Å². The number of para-hydroxylation sites is 4. The van der Waals surface area contributed by atoms with Gasteiger partial charge >= 0.3 is 0 Å².